The second-order valence-corrected chi connectivity index (χ2v) is 5.89. The van der Waals surface area contributed by atoms with Crippen molar-refractivity contribution in [3.63, 3.8) is 0 Å². The number of hydrogen-bond acceptors (Lipinski definition) is 6. The molecule has 0 aliphatic heterocycles. The van der Waals surface area contributed by atoms with E-state index in [9.17, 15) is 0 Å². The molecule has 0 aliphatic carbocycles. The van der Waals surface area contributed by atoms with Gasteiger partial charge in [-0.25, -0.2) is 0 Å². The van der Waals surface area contributed by atoms with Crippen molar-refractivity contribution in [1.82, 2.24) is 9.97 Å². The van der Waals surface area contributed by atoms with Crippen molar-refractivity contribution >= 4 is 11.4 Å². The standard InChI is InChI=1S/C20H26N4O2/c1-5-25-23-17(4)20-13-7-10-18(22-20)11-8-14-26-24-16(3)19-12-6-9-15(2)21-19/h6-7,9-10,12-13H,5,8,11,14H2,1-4H3/b23-17+,24-16+. The Morgan fingerprint density at radius 1 is 0.923 bits per heavy atom. The Morgan fingerprint density at radius 2 is 1.58 bits per heavy atom. The molecule has 6 nitrogen and oxygen atoms in total. The maximum atomic E-state index is 5.42. The fraction of sp³-hybridized carbons (Fsp3) is 0.400. The summed E-state index contributed by atoms with van der Waals surface area (Å²) in [7, 11) is 0. The van der Waals surface area contributed by atoms with Crippen LogP contribution in [0.3, 0.4) is 0 Å². The predicted molar refractivity (Wildman–Crippen MR) is 104 cm³/mol. The number of pyridine rings is 2. The zero-order chi connectivity index (χ0) is 18.8. The van der Waals surface area contributed by atoms with Crippen molar-refractivity contribution in [2.75, 3.05) is 13.2 Å². The first-order valence-corrected chi connectivity index (χ1v) is 8.83. The van der Waals surface area contributed by atoms with Gasteiger partial charge in [0, 0.05) is 11.4 Å². The smallest absolute Gasteiger partial charge is 0.117 e. The summed E-state index contributed by atoms with van der Waals surface area (Å²) in [6.07, 6.45) is 1.64. The molecular weight excluding hydrogens is 328 g/mol. The minimum Gasteiger partial charge on any atom is -0.396 e. The van der Waals surface area contributed by atoms with Gasteiger partial charge in [0.2, 0.25) is 0 Å². The summed E-state index contributed by atoms with van der Waals surface area (Å²) in [6, 6.07) is 11.8. The number of rotatable bonds is 9. The average Bonchev–Trinajstić information content (AvgIpc) is 2.66. The van der Waals surface area contributed by atoms with Crippen LogP contribution in [0.5, 0.6) is 0 Å². The molecule has 0 spiro atoms. The lowest BCUT2D eigenvalue weighted by Gasteiger charge is -2.05. The Labute approximate surface area is 155 Å². The maximum absolute atomic E-state index is 5.42. The lowest BCUT2D eigenvalue weighted by Crippen LogP contribution is -2.04. The third-order valence-electron chi connectivity index (χ3n) is 3.64. The highest BCUT2D eigenvalue weighted by molar-refractivity contribution is 5.96. The zero-order valence-electron chi connectivity index (χ0n) is 15.9. The largest absolute Gasteiger partial charge is 0.396 e. The van der Waals surface area contributed by atoms with Gasteiger partial charge >= 0.3 is 0 Å². The van der Waals surface area contributed by atoms with E-state index in [-0.39, 0.29) is 0 Å². The van der Waals surface area contributed by atoms with Gasteiger partial charge in [0.1, 0.15) is 24.6 Å². The molecule has 2 heterocycles. The van der Waals surface area contributed by atoms with Crippen LogP contribution in [0.1, 0.15) is 50.0 Å². The minimum atomic E-state index is 0.529. The molecule has 0 saturated heterocycles. The SMILES string of the molecule is CCO/N=C(\C)c1cccc(CCCO/N=C(\C)c2cccc(C)n2)n1. The van der Waals surface area contributed by atoms with E-state index in [0.717, 1.165) is 47.0 Å². The molecule has 0 fully saturated rings. The summed E-state index contributed by atoms with van der Waals surface area (Å²) in [6.45, 7) is 8.72. The first-order valence-electron chi connectivity index (χ1n) is 8.83. The van der Waals surface area contributed by atoms with Crippen molar-refractivity contribution in [2.45, 2.75) is 40.5 Å². The molecule has 0 atom stereocenters. The van der Waals surface area contributed by atoms with E-state index in [1.165, 1.54) is 0 Å². The molecule has 0 radical (unpaired) electrons. The summed E-state index contributed by atoms with van der Waals surface area (Å²) < 4.78 is 0. The molecule has 0 saturated carbocycles. The van der Waals surface area contributed by atoms with E-state index in [2.05, 4.69) is 20.3 Å². The van der Waals surface area contributed by atoms with E-state index in [1.807, 2.05) is 64.1 Å². The van der Waals surface area contributed by atoms with Crippen molar-refractivity contribution in [2.24, 2.45) is 10.3 Å². The van der Waals surface area contributed by atoms with Gasteiger partial charge in [0.05, 0.1) is 11.4 Å². The second-order valence-electron chi connectivity index (χ2n) is 5.89. The highest BCUT2D eigenvalue weighted by Gasteiger charge is 2.03. The highest BCUT2D eigenvalue weighted by atomic mass is 16.6. The van der Waals surface area contributed by atoms with Crippen LogP contribution in [-0.2, 0) is 16.1 Å². The van der Waals surface area contributed by atoms with Gasteiger partial charge in [-0.15, -0.1) is 0 Å². The first-order chi connectivity index (χ1) is 12.6. The van der Waals surface area contributed by atoms with Crippen molar-refractivity contribution in [3.8, 4) is 0 Å². The quantitative estimate of drug-likeness (QED) is 0.389. The molecule has 2 aromatic heterocycles. The van der Waals surface area contributed by atoms with E-state index < -0.39 is 0 Å². The molecule has 138 valence electrons. The molecule has 2 rings (SSSR count). The Bertz CT molecular complexity index is 772. The van der Waals surface area contributed by atoms with Crippen LogP contribution >= 0.6 is 0 Å². The predicted octanol–water partition coefficient (Wildman–Crippen LogP) is 3.92. The lowest BCUT2D eigenvalue weighted by atomic mass is 10.2. The number of aromatic nitrogens is 2. The van der Waals surface area contributed by atoms with Gasteiger partial charge in [0.15, 0.2) is 0 Å². The number of nitrogens with zero attached hydrogens (tertiary/aromatic N) is 4. The van der Waals surface area contributed by atoms with Crippen LogP contribution in [0.2, 0.25) is 0 Å². The van der Waals surface area contributed by atoms with Gasteiger partial charge < -0.3 is 9.68 Å². The normalized spacial score (nSPS) is 12.2. The van der Waals surface area contributed by atoms with Crippen LogP contribution in [0.4, 0.5) is 0 Å². The summed E-state index contributed by atoms with van der Waals surface area (Å²) >= 11 is 0. The van der Waals surface area contributed by atoms with E-state index >= 15 is 0 Å². The molecule has 0 unspecified atom stereocenters. The topological polar surface area (TPSA) is 69.0 Å². The van der Waals surface area contributed by atoms with Crippen LogP contribution in [-0.4, -0.2) is 34.6 Å². The molecule has 26 heavy (non-hydrogen) atoms. The Balaban J connectivity index is 1.82. The molecule has 0 bridgehead atoms. The van der Waals surface area contributed by atoms with Gasteiger partial charge in [-0.3, -0.25) is 9.97 Å². The monoisotopic (exact) mass is 354 g/mol. The van der Waals surface area contributed by atoms with E-state index in [1.54, 1.807) is 0 Å². The fourth-order valence-corrected chi connectivity index (χ4v) is 2.28. The molecule has 0 aromatic carbocycles. The Hall–Kier alpha value is -2.76. The van der Waals surface area contributed by atoms with Crippen LogP contribution in [0.15, 0.2) is 46.7 Å². The summed E-state index contributed by atoms with van der Waals surface area (Å²) in [4.78, 5) is 19.5. The number of oxime groups is 2. The lowest BCUT2D eigenvalue weighted by molar-refractivity contribution is 0.141. The fourth-order valence-electron chi connectivity index (χ4n) is 2.28. The Kier molecular flexibility index (Phi) is 7.74. The Morgan fingerprint density at radius 3 is 2.27 bits per heavy atom. The van der Waals surface area contributed by atoms with Crippen LogP contribution in [0.25, 0.3) is 0 Å². The molecular formula is C20H26N4O2. The minimum absolute atomic E-state index is 0.529. The van der Waals surface area contributed by atoms with Crippen LogP contribution < -0.4 is 0 Å². The van der Waals surface area contributed by atoms with Gasteiger partial charge in [0.25, 0.3) is 0 Å². The second kappa shape index (κ2) is 10.3. The summed E-state index contributed by atoms with van der Waals surface area (Å²) in [5.41, 5.74) is 5.18. The van der Waals surface area contributed by atoms with Crippen molar-refractivity contribution in [3.05, 3.63) is 59.2 Å². The van der Waals surface area contributed by atoms with Crippen molar-refractivity contribution < 1.29 is 9.68 Å². The molecule has 0 N–H and O–H groups in total. The molecule has 0 aliphatic rings. The zero-order valence-corrected chi connectivity index (χ0v) is 15.9. The molecule has 6 heteroatoms. The first kappa shape index (κ1) is 19.6. The summed E-state index contributed by atoms with van der Waals surface area (Å²) in [5.74, 6) is 0. The maximum Gasteiger partial charge on any atom is 0.117 e. The third-order valence-corrected chi connectivity index (χ3v) is 3.64. The van der Waals surface area contributed by atoms with E-state index in [4.69, 9.17) is 9.68 Å². The van der Waals surface area contributed by atoms with E-state index in [0.29, 0.717) is 13.2 Å². The number of aryl methyl sites for hydroxylation is 2. The highest BCUT2D eigenvalue weighted by Crippen LogP contribution is 2.05. The third kappa shape index (κ3) is 6.27. The molecule has 0 amide bonds. The van der Waals surface area contributed by atoms with Gasteiger partial charge in [-0.1, -0.05) is 22.4 Å². The van der Waals surface area contributed by atoms with Gasteiger partial charge in [-0.2, -0.15) is 0 Å². The summed E-state index contributed by atoms with van der Waals surface area (Å²) in [5, 5.41) is 8.17. The van der Waals surface area contributed by atoms with Gasteiger partial charge in [-0.05, 0) is 64.8 Å². The van der Waals surface area contributed by atoms with Crippen molar-refractivity contribution in [1.29, 1.82) is 0 Å². The average molecular weight is 354 g/mol. The number of hydrogen-bond donors (Lipinski definition) is 0. The molecule has 2 aromatic rings. The van der Waals surface area contributed by atoms with Crippen LogP contribution in [0, 0.1) is 6.92 Å².